The van der Waals surface area contributed by atoms with Gasteiger partial charge in [-0.2, -0.15) is 0 Å². The Kier molecular flexibility index (Phi) is 5.21. The molecule has 0 bridgehead atoms. The van der Waals surface area contributed by atoms with E-state index in [0.717, 1.165) is 23.1 Å². The van der Waals surface area contributed by atoms with Crippen LogP contribution in [0.2, 0.25) is 5.02 Å². The van der Waals surface area contributed by atoms with Crippen LogP contribution in [-0.2, 0) is 10.3 Å². The van der Waals surface area contributed by atoms with E-state index in [-0.39, 0.29) is 0 Å². The number of carbonyl (C=O) groups is 1. The number of carboxylic acids is 1. The molecule has 1 N–H and O–H groups in total. The van der Waals surface area contributed by atoms with Crippen LogP contribution in [0.4, 0.5) is 0 Å². The molecule has 1 aliphatic rings. The maximum Gasteiger partial charge on any atom is 0.320 e. The van der Waals surface area contributed by atoms with Gasteiger partial charge < -0.3 is 5.11 Å². The molecule has 1 fully saturated rings. The van der Waals surface area contributed by atoms with Crippen LogP contribution in [0.1, 0.15) is 29.5 Å². The number of likely N-dealkylation sites (tertiary alicyclic amines) is 1. The summed E-state index contributed by atoms with van der Waals surface area (Å²) in [5, 5.41) is 10.6. The van der Waals surface area contributed by atoms with Crippen LogP contribution < -0.4 is 0 Å². The van der Waals surface area contributed by atoms with Crippen molar-refractivity contribution in [3.05, 3.63) is 107 Å². The highest BCUT2D eigenvalue weighted by atomic mass is 35.5. The molecule has 0 radical (unpaired) electrons. The lowest BCUT2D eigenvalue weighted by Crippen LogP contribution is -2.52. The van der Waals surface area contributed by atoms with Crippen molar-refractivity contribution in [3.8, 4) is 0 Å². The van der Waals surface area contributed by atoms with Crippen LogP contribution in [0.5, 0.6) is 0 Å². The number of nitrogens with zero attached hydrogens (tertiary/aromatic N) is 1. The number of aliphatic carboxylic acids is 1. The number of hydrogen-bond donors (Lipinski definition) is 1. The summed E-state index contributed by atoms with van der Waals surface area (Å²) in [7, 11) is 0. The number of hydrogen-bond acceptors (Lipinski definition) is 2. The van der Waals surface area contributed by atoms with Crippen molar-refractivity contribution >= 4 is 17.6 Å². The zero-order valence-electron chi connectivity index (χ0n) is 15.5. The van der Waals surface area contributed by atoms with E-state index in [1.54, 1.807) is 0 Å². The molecule has 0 saturated carbocycles. The summed E-state index contributed by atoms with van der Waals surface area (Å²) in [4.78, 5) is 14.3. The molecule has 1 atom stereocenters. The van der Waals surface area contributed by atoms with Gasteiger partial charge in [0.2, 0.25) is 0 Å². The van der Waals surface area contributed by atoms with E-state index in [1.165, 1.54) is 0 Å². The minimum Gasteiger partial charge on any atom is -0.480 e. The van der Waals surface area contributed by atoms with Crippen LogP contribution >= 0.6 is 11.6 Å². The molecule has 28 heavy (non-hydrogen) atoms. The monoisotopic (exact) mass is 391 g/mol. The molecular formula is C24H22ClNO2. The normalized spacial score (nSPS) is 17.5. The Morgan fingerprint density at radius 2 is 1.43 bits per heavy atom. The highest BCUT2D eigenvalue weighted by Crippen LogP contribution is 2.47. The third kappa shape index (κ3) is 3.01. The Hall–Kier alpha value is -2.62. The number of carboxylic acid groups (broad SMARTS) is 1. The highest BCUT2D eigenvalue weighted by Gasteiger charge is 2.49. The second-order valence-corrected chi connectivity index (χ2v) is 7.52. The lowest BCUT2D eigenvalue weighted by molar-refractivity contribution is -0.143. The topological polar surface area (TPSA) is 40.5 Å². The van der Waals surface area contributed by atoms with Gasteiger partial charge in [0.25, 0.3) is 0 Å². The third-order valence-electron chi connectivity index (χ3n) is 5.62. The Balaban J connectivity index is 2.09. The number of rotatable bonds is 5. The maximum absolute atomic E-state index is 12.2. The molecule has 0 aromatic heterocycles. The fourth-order valence-corrected chi connectivity index (χ4v) is 4.77. The number of halogens is 1. The van der Waals surface area contributed by atoms with Gasteiger partial charge in [0, 0.05) is 11.6 Å². The molecule has 0 aliphatic carbocycles. The predicted molar refractivity (Wildman–Crippen MR) is 112 cm³/mol. The lowest BCUT2D eigenvalue weighted by atomic mass is 9.75. The molecule has 4 rings (SSSR count). The van der Waals surface area contributed by atoms with Gasteiger partial charge in [0.05, 0.1) is 5.54 Å². The summed E-state index contributed by atoms with van der Waals surface area (Å²) < 4.78 is 0. The van der Waals surface area contributed by atoms with Gasteiger partial charge in [-0.25, -0.2) is 0 Å². The molecule has 142 valence electrons. The molecular weight excluding hydrogens is 370 g/mol. The van der Waals surface area contributed by atoms with E-state index in [4.69, 9.17) is 11.6 Å². The van der Waals surface area contributed by atoms with Crippen molar-refractivity contribution in [2.24, 2.45) is 0 Å². The minimum absolute atomic E-state index is 0.573. The second-order valence-electron chi connectivity index (χ2n) is 7.11. The maximum atomic E-state index is 12.2. The van der Waals surface area contributed by atoms with Crippen LogP contribution in [0, 0.1) is 0 Å². The second kappa shape index (κ2) is 7.78. The summed E-state index contributed by atoms with van der Waals surface area (Å²) in [6.45, 7) is 0.686. The van der Waals surface area contributed by atoms with Crippen molar-refractivity contribution in [1.82, 2.24) is 4.90 Å². The van der Waals surface area contributed by atoms with Crippen LogP contribution in [-0.4, -0.2) is 28.6 Å². The van der Waals surface area contributed by atoms with E-state index >= 15 is 0 Å². The van der Waals surface area contributed by atoms with Crippen molar-refractivity contribution < 1.29 is 9.90 Å². The Bertz CT molecular complexity index is 919. The Morgan fingerprint density at radius 1 is 0.893 bits per heavy atom. The molecule has 0 unspecified atom stereocenters. The fourth-order valence-electron chi connectivity index (χ4n) is 4.50. The standard InChI is InChI=1S/C24H22ClNO2/c25-21-15-8-7-14-20(21)24(18-10-3-1-4-11-18,19-12-5-2-6-13-19)26-17-9-16-22(26)23(27)28/h1-8,10-15,22H,9,16-17H2,(H,27,28)/t22-/m0/s1. The first-order valence-corrected chi connectivity index (χ1v) is 9.89. The average Bonchev–Trinajstić information content (AvgIpc) is 3.22. The lowest BCUT2D eigenvalue weighted by Gasteiger charge is -2.46. The molecule has 1 heterocycles. The summed E-state index contributed by atoms with van der Waals surface area (Å²) >= 11 is 6.74. The first-order chi connectivity index (χ1) is 13.7. The van der Waals surface area contributed by atoms with Crippen LogP contribution in [0.3, 0.4) is 0 Å². The van der Waals surface area contributed by atoms with E-state index in [0.29, 0.717) is 18.0 Å². The Labute approximate surface area is 170 Å². The quantitative estimate of drug-likeness (QED) is 0.609. The van der Waals surface area contributed by atoms with Gasteiger partial charge in [-0.1, -0.05) is 90.5 Å². The van der Waals surface area contributed by atoms with E-state index in [1.807, 2.05) is 60.7 Å². The highest BCUT2D eigenvalue weighted by molar-refractivity contribution is 6.31. The molecule has 0 spiro atoms. The molecule has 0 amide bonds. The van der Waals surface area contributed by atoms with Gasteiger partial charge in [0.1, 0.15) is 6.04 Å². The molecule has 1 aliphatic heterocycles. The van der Waals surface area contributed by atoms with Gasteiger partial charge in [0.15, 0.2) is 0 Å². The van der Waals surface area contributed by atoms with Crippen molar-refractivity contribution in [1.29, 1.82) is 0 Å². The van der Waals surface area contributed by atoms with Gasteiger partial charge in [-0.3, -0.25) is 9.69 Å². The van der Waals surface area contributed by atoms with E-state index in [9.17, 15) is 9.90 Å². The third-order valence-corrected chi connectivity index (χ3v) is 5.95. The SMILES string of the molecule is O=C(O)[C@@H]1CCCN1C(c1ccccc1)(c1ccccc1)c1ccccc1Cl. The fraction of sp³-hybridized carbons (Fsp3) is 0.208. The molecule has 4 heteroatoms. The zero-order chi connectivity index (χ0) is 19.6. The summed E-state index contributed by atoms with van der Waals surface area (Å²) in [6, 6.07) is 27.4. The van der Waals surface area contributed by atoms with Gasteiger partial charge >= 0.3 is 5.97 Å². The summed E-state index contributed by atoms with van der Waals surface area (Å²) in [5.41, 5.74) is 2.16. The molecule has 3 aromatic carbocycles. The minimum atomic E-state index is -0.791. The smallest absolute Gasteiger partial charge is 0.320 e. The van der Waals surface area contributed by atoms with Crippen molar-refractivity contribution in [3.63, 3.8) is 0 Å². The first-order valence-electron chi connectivity index (χ1n) is 9.51. The summed E-state index contributed by atoms with van der Waals surface area (Å²) in [5.74, 6) is -0.791. The van der Waals surface area contributed by atoms with E-state index < -0.39 is 17.6 Å². The average molecular weight is 392 g/mol. The summed E-state index contributed by atoms with van der Waals surface area (Å²) in [6.07, 6.45) is 1.46. The number of benzene rings is 3. The van der Waals surface area contributed by atoms with Crippen LogP contribution in [0.15, 0.2) is 84.9 Å². The first kappa shape index (κ1) is 18.7. The van der Waals surface area contributed by atoms with Crippen LogP contribution in [0.25, 0.3) is 0 Å². The molecule has 3 nitrogen and oxygen atoms in total. The van der Waals surface area contributed by atoms with Crippen molar-refractivity contribution in [2.75, 3.05) is 6.54 Å². The van der Waals surface area contributed by atoms with E-state index in [2.05, 4.69) is 29.2 Å². The van der Waals surface area contributed by atoms with Crippen molar-refractivity contribution in [2.45, 2.75) is 24.4 Å². The zero-order valence-corrected chi connectivity index (χ0v) is 16.2. The molecule has 3 aromatic rings. The molecule has 1 saturated heterocycles. The largest absolute Gasteiger partial charge is 0.480 e. The van der Waals surface area contributed by atoms with Gasteiger partial charge in [-0.05, 0) is 35.6 Å². The van der Waals surface area contributed by atoms with Gasteiger partial charge in [-0.15, -0.1) is 0 Å². The predicted octanol–water partition coefficient (Wildman–Crippen LogP) is 5.18. The Morgan fingerprint density at radius 3 is 1.96 bits per heavy atom.